The fourth-order valence-corrected chi connectivity index (χ4v) is 1.93. The lowest BCUT2D eigenvalue weighted by Crippen LogP contribution is -2.31. The zero-order valence-electron chi connectivity index (χ0n) is 12.0. The minimum atomic E-state index is -0.380. The van der Waals surface area contributed by atoms with Crippen LogP contribution in [-0.2, 0) is 11.2 Å². The SMILES string of the molecule is CCc1ccc([C@H](COC)NC(=O)c2ccc(=O)[nH]c2)o1. The van der Waals surface area contributed by atoms with Crippen LogP contribution in [0, 0.1) is 0 Å². The molecule has 6 nitrogen and oxygen atoms in total. The second-order valence-corrected chi connectivity index (χ2v) is 4.58. The average molecular weight is 290 g/mol. The number of ether oxygens (including phenoxy) is 1. The summed E-state index contributed by atoms with van der Waals surface area (Å²) in [5.74, 6) is 1.19. The van der Waals surface area contributed by atoms with E-state index in [1.165, 1.54) is 18.3 Å². The van der Waals surface area contributed by atoms with Crippen molar-refractivity contribution in [3.63, 3.8) is 0 Å². The number of carbonyl (C=O) groups is 1. The molecule has 0 spiro atoms. The molecule has 1 atom stereocenters. The molecular formula is C15H18N2O4. The summed E-state index contributed by atoms with van der Waals surface area (Å²) in [5, 5.41) is 2.83. The minimum absolute atomic E-state index is 0.251. The zero-order valence-corrected chi connectivity index (χ0v) is 12.0. The highest BCUT2D eigenvalue weighted by Gasteiger charge is 2.19. The van der Waals surface area contributed by atoms with Gasteiger partial charge in [-0.15, -0.1) is 0 Å². The zero-order chi connectivity index (χ0) is 15.2. The summed E-state index contributed by atoms with van der Waals surface area (Å²) in [4.78, 5) is 25.6. The fraction of sp³-hybridized carbons (Fsp3) is 0.333. The smallest absolute Gasteiger partial charge is 0.253 e. The van der Waals surface area contributed by atoms with Crippen LogP contribution in [0.1, 0.15) is 34.8 Å². The monoisotopic (exact) mass is 290 g/mol. The van der Waals surface area contributed by atoms with Crippen molar-refractivity contribution in [2.45, 2.75) is 19.4 Å². The first-order valence-electron chi connectivity index (χ1n) is 6.71. The number of aromatic nitrogens is 1. The Labute approximate surface area is 122 Å². The normalized spacial score (nSPS) is 12.1. The highest BCUT2D eigenvalue weighted by atomic mass is 16.5. The number of aromatic amines is 1. The Morgan fingerprint density at radius 3 is 2.76 bits per heavy atom. The van der Waals surface area contributed by atoms with Crippen molar-refractivity contribution in [1.82, 2.24) is 10.3 Å². The van der Waals surface area contributed by atoms with E-state index in [1.54, 1.807) is 7.11 Å². The fourth-order valence-electron chi connectivity index (χ4n) is 1.93. The number of carbonyl (C=O) groups excluding carboxylic acids is 1. The van der Waals surface area contributed by atoms with E-state index >= 15 is 0 Å². The van der Waals surface area contributed by atoms with Crippen molar-refractivity contribution in [2.24, 2.45) is 0 Å². The second kappa shape index (κ2) is 6.90. The van der Waals surface area contributed by atoms with Crippen LogP contribution in [0.4, 0.5) is 0 Å². The number of H-pyrrole nitrogens is 1. The highest BCUT2D eigenvalue weighted by Crippen LogP contribution is 2.18. The van der Waals surface area contributed by atoms with E-state index in [0.29, 0.717) is 17.9 Å². The van der Waals surface area contributed by atoms with Gasteiger partial charge in [0.15, 0.2) is 0 Å². The number of pyridine rings is 1. The van der Waals surface area contributed by atoms with Gasteiger partial charge in [-0.05, 0) is 18.2 Å². The van der Waals surface area contributed by atoms with E-state index in [2.05, 4.69) is 10.3 Å². The Hall–Kier alpha value is -2.34. The van der Waals surface area contributed by atoms with Crippen LogP contribution in [0.5, 0.6) is 0 Å². The summed E-state index contributed by atoms with van der Waals surface area (Å²) in [6, 6.07) is 6.11. The summed E-state index contributed by atoms with van der Waals surface area (Å²) < 4.78 is 10.8. The molecule has 6 heteroatoms. The van der Waals surface area contributed by atoms with Crippen molar-refractivity contribution >= 4 is 5.91 Å². The van der Waals surface area contributed by atoms with E-state index in [4.69, 9.17) is 9.15 Å². The average Bonchev–Trinajstić information content (AvgIpc) is 2.96. The predicted molar refractivity (Wildman–Crippen MR) is 77.2 cm³/mol. The van der Waals surface area contributed by atoms with Gasteiger partial charge >= 0.3 is 0 Å². The van der Waals surface area contributed by atoms with Gasteiger partial charge in [0.05, 0.1) is 12.2 Å². The van der Waals surface area contributed by atoms with Crippen LogP contribution < -0.4 is 10.9 Å². The summed E-state index contributed by atoms with van der Waals surface area (Å²) >= 11 is 0. The molecule has 0 aromatic carbocycles. The van der Waals surface area contributed by atoms with Gasteiger partial charge < -0.3 is 19.5 Å². The number of hydrogen-bond acceptors (Lipinski definition) is 4. The molecular weight excluding hydrogens is 272 g/mol. The van der Waals surface area contributed by atoms with Crippen LogP contribution in [-0.4, -0.2) is 24.6 Å². The van der Waals surface area contributed by atoms with Crippen LogP contribution in [0.2, 0.25) is 0 Å². The largest absolute Gasteiger partial charge is 0.464 e. The van der Waals surface area contributed by atoms with E-state index < -0.39 is 0 Å². The summed E-state index contributed by atoms with van der Waals surface area (Å²) in [6.45, 7) is 2.29. The first-order valence-corrected chi connectivity index (χ1v) is 6.71. The molecule has 0 aliphatic heterocycles. The molecule has 2 heterocycles. The topological polar surface area (TPSA) is 84.3 Å². The molecule has 1 amide bonds. The van der Waals surface area contributed by atoms with E-state index in [-0.39, 0.29) is 17.5 Å². The van der Waals surface area contributed by atoms with Crippen molar-refractivity contribution in [3.8, 4) is 0 Å². The van der Waals surface area contributed by atoms with E-state index in [9.17, 15) is 9.59 Å². The third-order valence-corrected chi connectivity index (χ3v) is 3.06. The van der Waals surface area contributed by atoms with Gasteiger partial charge in [-0.3, -0.25) is 9.59 Å². The van der Waals surface area contributed by atoms with Gasteiger partial charge in [0.2, 0.25) is 5.56 Å². The van der Waals surface area contributed by atoms with Crippen molar-refractivity contribution in [3.05, 3.63) is 57.9 Å². The number of nitrogens with one attached hydrogen (secondary N) is 2. The number of furan rings is 1. The van der Waals surface area contributed by atoms with E-state index in [0.717, 1.165) is 12.2 Å². The standard InChI is InChI=1S/C15H18N2O4/c1-3-11-5-6-13(21-11)12(9-20-2)17-15(19)10-4-7-14(18)16-8-10/h4-8,12H,3,9H2,1-2H3,(H,16,18)(H,17,19)/t12-/m0/s1. The Morgan fingerprint density at radius 1 is 1.38 bits per heavy atom. The van der Waals surface area contributed by atoms with Crippen LogP contribution >= 0.6 is 0 Å². The number of hydrogen-bond donors (Lipinski definition) is 2. The molecule has 0 bridgehead atoms. The molecule has 0 fully saturated rings. The van der Waals surface area contributed by atoms with Crippen molar-refractivity contribution in [2.75, 3.05) is 13.7 Å². The number of aryl methyl sites for hydroxylation is 1. The Balaban J connectivity index is 2.13. The molecule has 112 valence electrons. The first kappa shape index (κ1) is 15.1. The molecule has 0 radical (unpaired) electrons. The van der Waals surface area contributed by atoms with E-state index in [1.807, 2.05) is 19.1 Å². The van der Waals surface area contributed by atoms with Gasteiger partial charge in [-0.2, -0.15) is 0 Å². The molecule has 2 aromatic rings. The lowest BCUT2D eigenvalue weighted by Gasteiger charge is -2.15. The van der Waals surface area contributed by atoms with Crippen molar-refractivity contribution < 1.29 is 13.9 Å². The predicted octanol–water partition coefficient (Wildman–Crippen LogP) is 1.65. The maximum Gasteiger partial charge on any atom is 0.253 e. The second-order valence-electron chi connectivity index (χ2n) is 4.58. The molecule has 0 aliphatic carbocycles. The highest BCUT2D eigenvalue weighted by molar-refractivity contribution is 5.94. The minimum Gasteiger partial charge on any atom is -0.464 e. The quantitative estimate of drug-likeness (QED) is 0.847. The molecule has 0 aliphatic rings. The Morgan fingerprint density at radius 2 is 2.19 bits per heavy atom. The number of amides is 1. The van der Waals surface area contributed by atoms with Crippen LogP contribution in [0.25, 0.3) is 0 Å². The van der Waals surface area contributed by atoms with Gasteiger partial charge in [0.25, 0.3) is 5.91 Å². The number of rotatable bonds is 6. The Bertz CT molecular complexity index is 639. The molecule has 0 saturated carbocycles. The molecule has 0 saturated heterocycles. The maximum absolute atomic E-state index is 12.2. The Kier molecular flexibility index (Phi) is 4.94. The molecule has 2 N–H and O–H groups in total. The lowest BCUT2D eigenvalue weighted by atomic mass is 10.2. The summed E-state index contributed by atoms with van der Waals surface area (Å²) in [5.41, 5.74) is 0.122. The maximum atomic E-state index is 12.2. The van der Waals surface area contributed by atoms with Gasteiger partial charge in [-0.25, -0.2) is 0 Å². The van der Waals surface area contributed by atoms with Crippen LogP contribution in [0.3, 0.4) is 0 Å². The number of methoxy groups -OCH3 is 1. The van der Waals surface area contributed by atoms with Gasteiger partial charge in [-0.1, -0.05) is 6.92 Å². The van der Waals surface area contributed by atoms with Gasteiger partial charge in [0, 0.05) is 25.8 Å². The first-order chi connectivity index (χ1) is 10.1. The third kappa shape index (κ3) is 3.82. The van der Waals surface area contributed by atoms with Gasteiger partial charge in [0.1, 0.15) is 17.6 Å². The summed E-state index contributed by atoms with van der Waals surface area (Å²) in [7, 11) is 1.56. The van der Waals surface area contributed by atoms with Crippen LogP contribution in [0.15, 0.2) is 39.7 Å². The molecule has 21 heavy (non-hydrogen) atoms. The third-order valence-electron chi connectivity index (χ3n) is 3.06. The lowest BCUT2D eigenvalue weighted by molar-refractivity contribution is 0.0882. The molecule has 2 rings (SSSR count). The van der Waals surface area contributed by atoms with Crippen molar-refractivity contribution in [1.29, 1.82) is 0 Å². The molecule has 0 unspecified atom stereocenters. The summed E-state index contributed by atoms with van der Waals surface area (Å²) in [6.07, 6.45) is 2.16. The molecule has 2 aromatic heterocycles.